The summed E-state index contributed by atoms with van der Waals surface area (Å²) in [5.41, 5.74) is 2.84. The fourth-order valence-electron chi connectivity index (χ4n) is 2.12. The van der Waals surface area contributed by atoms with Crippen molar-refractivity contribution in [1.29, 1.82) is 0 Å². The highest BCUT2D eigenvalue weighted by Gasteiger charge is 2.16. The van der Waals surface area contributed by atoms with Gasteiger partial charge in [0.15, 0.2) is 0 Å². The molecule has 2 aromatic heterocycles. The van der Waals surface area contributed by atoms with E-state index in [2.05, 4.69) is 20.9 Å². The summed E-state index contributed by atoms with van der Waals surface area (Å²) < 4.78 is 2.75. The molecule has 0 aliphatic carbocycles. The van der Waals surface area contributed by atoms with Gasteiger partial charge in [-0.25, -0.2) is 4.98 Å². The molecule has 0 amide bonds. The lowest BCUT2D eigenvalue weighted by Gasteiger charge is -2.04. The molecule has 0 fully saturated rings. The number of aliphatic hydroxyl groups is 1. The Balaban J connectivity index is 2.30. The average Bonchev–Trinajstić information content (AvgIpc) is 2.76. The van der Waals surface area contributed by atoms with E-state index in [1.807, 2.05) is 22.7 Å². The maximum atomic E-state index is 9.66. The molecule has 1 N–H and O–H groups in total. The van der Waals surface area contributed by atoms with Gasteiger partial charge in [0, 0.05) is 21.3 Å². The van der Waals surface area contributed by atoms with Gasteiger partial charge in [-0.2, -0.15) is 0 Å². The van der Waals surface area contributed by atoms with Crippen LogP contribution in [0.5, 0.6) is 0 Å². The van der Waals surface area contributed by atoms with Crippen LogP contribution < -0.4 is 0 Å². The summed E-state index contributed by atoms with van der Waals surface area (Å²) in [7, 11) is 0. The molecule has 0 bridgehead atoms. The first-order chi connectivity index (χ1) is 9.60. The standard InChI is InChI=1S/C14H9BrCl2N2O/c15-8-1-4-13-18-14(12(7-20)19(13)6-8)10-3-2-9(16)5-11(10)17/h1-6,20H,7H2. The molecule has 0 saturated heterocycles. The molecule has 102 valence electrons. The molecule has 0 atom stereocenters. The zero-order valence-electron chi connectivity index (χ0n) is 10.1. The Bertz CT molecular complexity index is 801. The number of fused-ring (bicyclic) bond motifs is 1. The molecule has 3 nitrogen and oxygen atoms in total. The van der Waals surface area contributed by atoms with Crippen LogP contribution >= 0.6 is 39.1 Å². The zero-order valence-corrected chi connectivity index (χ0v) is 13.2. The highest BCUT2D eigenvalue weighted by Crippen LogP contribution is 2.33. The van der Waals surface area contributed by atoms with E-state index in [-0.39, 0.29) is 6.61 Å². The lowest BCUT2D eigenvalue weighted by molar-refractivity contribution is 0.276. The van der Waals surface area contributed by atoms with Gasteiger partial charge in [-0.05, 0) is 46.3 Å². The quantitative estimate of drug-likeness (QED) is 0.716. The number of nitrogens with zero attached hydrogens (tertiary/aromatic N) is 2. The van der Waals surface area contributed by atoms with Crippen LogP contribution in [0.15, 0.2) is 41.0 Å². The van der Waals surface area contributed by atoms with Crippen LogP contribution in [-0.2, 0) is 6.61 Å². The molecule has 3 aromatic rings. The van der Waals surface area contributed by atoms with Crippen LogP contribution in [0, 0.1) is 0 Å². The van der Waals surface area contributed by atoms with E-state index in [1.165, 1.54) is 0 Å². The number of halogens is 3. The smallest absolute Gasteiger partial charge is 0.137 e. The van der Waals surface area contributed by atoms with Crippen molar-refractivity contribution in [2.75, 3.05) is 0 Å². The number of rotatable bonds is 2. The lowest BCUT2D eigenvalue weighted by atomic mass is 10.1. The van der Waals surface area contributed by atoms with Crippen molar-refractivity contribution in [3.8, 4) is 11.3 Å². The van der Waals surface area contributed by atoms with E-state index in [4.69, 9.17) is 23.2 Å². The predicted molar refractivity (Wildman–Crippen MR) is 84.3 cm³/mol. The highest BCUT2D eigenvalue weighted by atomic mass is 79.9. The van der Waals surface area contributed by atoms with Crippen molar-refractivity contribution >= 4 is 44.8 Å². The van der Waals surface area contributed by atoms with Crippen molar-refractivity contribution < 1.29 is 5.11 Å². The summed E-state index contributed by atoms with van der Waals surface area (Å²) in [6, 6.07) is 9.00. The van der Waals surface area contributed by atoms with Gasteiger partial charge in [0.05, 0.1) is 23.0 Å². The average molecular weight is 372 g/mol. The van der Waals surface area contributed by atoms with E-state index in [0.29, 0.717) is 21.4 Å². The largest absolute Gasteiger partial charge is 0.390 e. The fourth-order valence-corrected chi connectivity index (χ4v) is 2.95. The Morgan fingerprint density at radius 1 is 1.20 bits per heavy atom. The third kappa shape index (κ3) is 2.33. The molecular weight excluding hydrogens is 363 g/mol. The van der Waals surface area contributed by atoms with Crippen molar-refractivity contribution in [2.24, 2.45) is 0 Å². The summed E-state index contributed by atoms with van der Waals surface area (Å²) >= 11 is 15.6. The first kappa shape index (κ1) is 13.9. The Hall–Kier alpha value is -1.07. The van der Waals surface area contributed by atoms with Gasteiger partial charge < -0.3 is 5.11 Å². The van der Waals surface area contributed by atoms with E-state index >= 15 is 0 Å². The predicted octanol–water partition coefficient (Wildman–Crippen LogP) is 4.56. The monoisotopic (exact) mass is 370 g/mol. The van der Waals surface area contributed by atoms with Gasteiger partial charge in [-0.15, -0.1) is 0 Å². The molecule has 0 saturated carbocycles. The van der Waals surface area contributed by atoms with Gasteiger partial charge >= 0.3 is 0 Å². The third-order valence-electron chi connectivity index (χ3n) is 3.02. The molecule has 0 aliphatic heterocycles. The Morgan fingerprint density at radius 3 is 2.70 bits per heavy atom. The molecule has 0 radical (unpaired) electrons. The van der Waals surface area contributed by atoms with Gasteiger partial charge in [-0.1, -0.05) is 23.2 Å². The number of hydrogen-bond acceptors (Lipinski definition) is 2. The fraction of sp³-hybridized carbons (Fsp3) is 0.0714. The van der Waals surface area contributed by atoms with Crippen LogP contribution in [0.25, 0.3) is 16.9 Å². The minimum absolute atomic E-state index is 0.133. The topological polar surface area (TPSA) is 37.5 Å². The number of aliphatic hydroxyl groups excluding tert-OH is 1. The van der Waals surface area contributed by atoms with Gasteiger partial charge in [-0.3, -0.25) is 4.40 Å². The molecule has 6 heteroatoms. The van der Waals surface area contributed by atoms with Crippen LogP contribution in [0.3, 0.4) is 0 Å². The summed E-state index contributed by atoms with van der Waals surface area (Å²) in [6.45, 7) is -0.133. The molecular formula is C14H9BrCl2N2O. The Labute approximate surface area is 133 Å². The Morgan fingerprint density at radius 2 is 2.00 bits per heavy atom. The van der Waals surface area contributed by atoms with Crippen LogP contribution in [0.1, 0.15) is 5.69 Å². The van der Waals surface area contributed by atoms with Gasteiger partial charge in [0.25, 0.3) is 0 Å². The SMILES string of the molecule is OCc1c(-c2ccc(Cl)cc2Cl)nc2ccc(Br)cn12. The van der Waals surface area contributed by atoms with Crippen molar-refractivity contribution in [2.45, 2.75) is 6.61 Å². The third-order valence-corrected chi connectivity index (χ3v) is 4.03. The molecule has 20 heavy (non-hydrogen) atoms. The second-order valence-electron chi connectivity index (χ2n) is 4.26. The first-order valence-corrected chi connectivity index (χ1v) is 7.38. The summed E-state index contributed by atoms with van der Waals surface area (Å²) in [5, 5.41) is 10.7. The molecule has 2 heterocycles. The van der Waals surface area contributed by atoms with Crippen LogP contribution in [-0.4, -0.2) is 14.5 Å². The number of benzene rings is 1. The first-order valence-electron chi connectivity index (χ1n) is 5.83. The van der Waals surface area contributed by atoms with E-state index in [9.17, 15) is 5.11 Å². The van der Waals surface area contributed by atoms with Crippen molar-refractivity contribution in [3.05, 3.63) is 56.7 Å². The second kappa shape index (κ2) is 5.37. The maximum absolute atomic E-state index is 9.66. The molecule has 1 aromatic carbocycles. The number of aromatic nitrogens is 2. The zero-order chi connectivity index (χ0) is 14.3. The number of hydrogen-bond donors (Lipinski definition) is 1. The summed E-state index contributed by atoms with van der Waals surface area (Å²) in [5.74, 6) is 0. The molecule has 0 aliphatic rings. The van der Waals surface area contributed by atoms with Crippen molar-refractivity contribution in [1.82, 2.24) is 9.38 Å². The van der Waals surface area contributed by atoms with Crippen LogP contribution in [0.4, 0.5) is 0 Å². The highest BCUT2D eigenvalue weighted by molar-refractivity contribution is 9.10. The van der Waals surface area contributed by atoms with E-state index in [1.54, 1.807) is 18.2 Å². The minimum atomic E-state index is -0.133. The maximum Gasteiger partial charge on any atom is 0.137 e. The van der Waals surface area contributed by atoms with Crippen molar-refractivity contribution in [3.63, 3.8) is 0 Å². The number of pyridine rings is 1. The second-order valence-corrected chi connectivity index (χ2v) is 6.02. The van der Waals surface area contributed by atoms with E-state index < -0.39 is 0 Å². The number of imidazole rings is 1. The summed E-state index contributed by atoms with van der Waals surface area (Å²) in [4.78, 5) is 4.54. The van der Waals surface area contributed by atoms with Gasteiger partial charge in [0.1, 0.15) is 5.65 Å². The van der Waals surface area contributed by atoms with Crippen LogP contribution in [0.2, 0.25) is 10.0 Å². The normalized spacial score (nSPS) is 11.2. The summed E-state index contributed by atoms with van der Waals surface area (Å²) in [6.07, 6.45) is 1.86. The molecule has 0 unspecified atom stereocenters. The Kier molecular flexibility index (Phi) is 3.73. The lowest BCUT2D eigenvalue weighted by Crippen LogP contribution is -1.94. The molecule has 0 spiro atoms. The van der Waals surface area contributed by atoms with E-state index in [0.717, 1.165) is 15.7 Å². The minimum Gasteiger partial charge on any atom is -0.390 e. The molecule has 3 rings (SSSR count). The van der Waals surface area contributed by atoms with Gasteiger partial charge in [0.2, 0.25) is 0 Å².